The number of nitrogens with zero attached hydrogens (tertiary/aromatic N) is 3. The van der Waals surface area contributed by atoms with Crippen molar-refractivity contribution in [1.82, 2.24) is 14.8 Å². The number of fused-ring (bicyclic) bond motifs is 1. The number of hydrogen-bond donors (Lipinski definition) is 0. The highest BCUT2D eigenvalue weighted by molar-refractivity contribution is 7.88. The number of carbonyl (C=O) groups excluding carboxylic acids is 1. The van der Waals surface area contributed by atoms with Crippen molar-refractivity contribution in [1.29, 1.82) is 0 Å². The molecule has 0 saturated carbocycles. The number of rotatable bonds is 2. The molecule has 0 amide bonds. The molecule has 0 aromatic carbocycles. The average molecular weight is 381 g/mol. The van der Waals surface area contributed by atoms with E-state index in [4.69, 9.17) is 4.74 Å². The predicted molar refractivity (Wildman–Crippen MR) is 79.5 cm³/mol. The summed E-state index contributed by atoms with van der Waals surface area (Å²) in [7, 11) is -5.82. The predicted octanol–water partition coefficient (Wildman–Crippen LogP) is 2.75. The Hall–Kier alpha value is -2.37. The Morgan fingerprint density at radius 2 is 1.84 bits per heavy atom. The number of hydrogen-bond acceptors (Lipinski definition) is 7. The van der Waals surface area contributed by atoms with Gasteiger partial charge in [0.15, 0.2) is 11.4 Å². The maximum absolute atomic E-state index is 12.4. The van der Waals surface area contributed by atoms with Crippen molar-refractivity contribution >= 4 is 27.2 Å². The molecule has 0 aliphatic rings. The molecule has 0 bridgehead atoms. The lowest BCUT2D eigenvalue weighted by Gasteiger charge is -2.18. The zero-order valence-corrected chi connectivity index (χ0v) is 14.4. The van der Waals surface area contributed by atoms with Crippen LogP contribution in [-0.2, 0) is 14.9 Å². The van der Waals surface area contributed by atoms with E-state index in [1.807, 2.05) is 0 Å². The first-order valence-electron chi connectivity index (χ1n) is 6.81. The Morgan fingerprint density at radius 1 is 1.24 bits per heavy atom. The summed E-state index contributed by atoms with van der Waals surface area (Å²) < 4.78 is 69.2. The Bertz CT molecular complexity index is 929. The number of aryl methyl sites for hydroxylation is 1. The summed E-state index contributed by atoms with van der Waals surface area (Å²) >= 11 is 0. The van der Waals surface area contributed by atoms with Crippen molar-refractivity contribution in [3.8, 4) is 5.75 Å². The number of alkyl halides is 3. The Labute approximate surface area is 140 Å². The molecule has 2 rings (SSSR count). The van der Waals surface area contributed by atoms with Crippen LogP contribution in [-0.4, -0.2) is 40.4 Å². The highest BCUT2D eigenvalue weighted by Gasteiger charge is 2.48. The van der Waals surface area contributed by atoms with Crippen molar-refractivity contribution < 1.29 is 35.3 Å². The van der Waals surface area contributed by atoms with Crippen molar-refractivity contribution in [2.45, 2.75) is 38.8 Å². The van der Waals surface area contributed by atoms with Crippen LogP contribution in [0.3, 0.4) is 0 Å². The topological polar surface area (TPSA) is 100 Å². The van der Waals surface area contributed by atoms with Crippen LogP contribution in [0.2, 0.25) is 0 Å². The molecule has 12 heteroatoms. The fraction of sp³-hybridized carbons (Fsp3) is 0.462. The minimum Gasteiger partial charge on any atom is -0.442 e. The molecule has 0 N–H and O–H groups in total. The SMILES string of the molecule is Cc1nn(C(=O)OC(C)(C)C)c2ncc(OS(=O)(=O)C(F)(F)F)cc12. The van der Waals surface area contributed by atoms with Crippen LogP contribution < -0.4 is 4.18 Å². The lowest BCUT2D eigenvalue weighted by atomic mass is 10.2. The molecule has 0 aliphatic heterocycles. The number of ether oxygens (including phenoxy) is 1. The van der Waals surface area contributed by atoms with Crippen LogP contribution in [0, 0.1) is 6.92 Å². The monoisotopic (exact) mass is 381 g/mol. The fourth-order valence-electron chi connectivity index (χ4n) is 1.78. The molecular formula is C13H14F3N3O5S. The van der Waals surface area contributed by atoms with Gasteiger partial charge in [-0.2, -0.15) is 26.7 Å². The molecule has 0 radical (unpaired) electrons. The Kier molecular flexibility index (Phi) is 4.45. The highest BCUT2D eigenvalue weighted by Crippen LogP contribution is 2.29. The molecule has 0 saturated heterocycles. The number of aromatic nitrogens is 3. The third-order valence-electron chi connectivity index (χ3n) is 2.74. The van der Waals surface area contributed by atoms with Gasteiger partial charge in [0.1, 0.15) is 5.60 Å². The first-order chi connectivity index (χ1) is 11.2. The van der Waals surface area contributed by atoms with Crippen molar-refractivity contribution in [3.05, 3.63) is 18.0 Å². The first-order valence-corrected chi connectivity index (χ1v) is 8.21. The zero-order chi connectivity index (χ0) is 19.2. The zero-order valence-electron chi connectivity index (χ0n) is 13.6. The summed E-state index contributed by atoms with van der Waals surface area (Å²) in [5.41, 5.74) is -6.16. The molecular weight excluding hydrogens is 367 g/mol. The Morgan fingerprint density at radius 3 is 2.36 bits per heavy atom. The second-order valence-corrected chi connectivity index (χ2v) is 7.54. The molecule has 0 fully saturated rings. The normalized spacial score (nSPS) is 13.1. The van der Waals surface area contributed by atoms with Gasteiger partial charge in [-0.05, 0) is 33.8 Å². The summed E-state index contributed by atoms with van der Waals surface area (Å²) in [6, 6.07) is 0.995. The fourth-order valence-corrected chi connectivity index (χ4v) is 2.22. The third kappa shape index (κ3) is 4.00. The van der Waals surface area contributed by atoms with E-state index in [9.17, 15) is 26.4 Å². The smallest absolute Gasteiger partial charge is 0.442 e. The molecule has 25 heavy (non-hydrogen) atoms. The van der Waals surface area contributed by atoms with E-state index in [0.717, 1.165) is 16.9 Å². The lowest BCUT2D eigenvalue weighted by Crippen LogP contribution is -2.28. The van der Waals surface area contributed by atoms with Gasteiger partial charge in [-0.1, -0.05) is 0 Å². The lowest BCUT2D eigenvalue weighted by molar-refractivity contribution is -0.0500. The minimum absolute atomic E-state index is 0.0106. The van der Waals surface area contributed by atoms with Crippen molar-refractivity contribution in [2.24, 2.45) is 0 Å². The van der Waals surface area contributed by atoms with Gasteiger partial charge in [-0.15, -0.1) is 4.68 Å². The van der Waals surface area contributed by atoms with Gasteiger partial charge < -0.3 is 8.92 Å². The standard InChI is InChI=1S/C13H14F3N3O5S/c1-7-9-5-8(24-25(21,22)13(14,15)16)6-17-10(9)19(18-7)11(20)23-12(2,3)4/h5-6H,1-4H3. The summed E-state index contributed by atoms with van der Waals surface area (Å²) in [6.45, 7) is 6.40. The van der Waals surface area contributed by atoms with E-state index in [1.165, 1.54) is 6.92 Å². The van der Waals surface area contributed by atoms with Crippen LogP contribution >= 0.6 is 0 Å². The van der Waals surface area contributed by atoms with E-state index < -0.39 is 33.1 Å². The molecule has 0 spiro atoms. The van der Waals surface area contributed by atoms with E-state index in [0.29, 0.717) is 0 Å². The number of carbonyl (C=O) groups is 1. The third-order valence-corrected chi connectivity index (χ3v) is 3.72. The van der Waals surface area contributed by atoms with Gasteiger partial charge in [0, 0.05) is 5.39 Å². The number of pyridine rings is 1. The van der Waals surface area contributed by atoms with E-state index in [2.05, 4.69) is 14.3 Å². The van der Waals surface area contributed by atoms with Crippen LogP contribution in [0.25, 0.3) is 11.0 Å². The minimum atomic E-state index is -5.82. The molecule has 2 aromatic heterocycles. The van der Waals surface area contributed by atoms with Gasteiger partial charge in [0.25, 0.3) is 0 Å². The van der Waals surface area contributed by atoms with Gasteiger partial charge in [0.2, 0.25) is 0 Å². The first kappa shape index (κ1) is 19.0. The average Bonchev–Trinajstić information content (AvgIpc) is 2.72. The second kappa shape index (κ2) is 5.86. The largest absolute Gasteiger partial charge is 0.534 e. The molecule has 0 unspecified atom stereocenters. The van der Waals surface area contributed by atoms with Crippen LogP contribution in [0.4, 0.5) is 18.0 Å². The summed E-state index contributed by atoms with van der Waals surface area (Å²) in [5, 5.41) is 4.05. The molecule has 138 valence electrons. The van der Waals surface area contributed by atoms with Crippen LogP contribution in [0.5, 0.6) is 5.75 Å². The van der Waals surface area contributed by atoms with E-state index in [1.54, 1.807) is 20.8 Å². The van der Waals surface area contributed by atoms with Crippen molar-refractivity contribution in [2.75, 3.05) is 0 Å². The number of halogens is 3. The van der Waals surface area contributed by atoms with Crippen molar-refractivity contribution in [3.63, 3.8) is 0 Å². The van der Waals surface area contributed by atoms with Gasteiger partial charge in [-0.25, -0.2) is 9.78 Å². The molecule has 2 aromatic rings. The highest BCUT2D eigenvalue weighted by atomic mass is 32.2. The summed E-state index contributed by atoms with van der Waals surface area (Å²) in [5.74, 6) is -0.656. The quantitative estimate of drug-likeness (QED) is 0.582. The maximum atomic E-state index is 12.4. The molecule has 2 heterocycles. The molecule has 8 nitrogen and oxygen atoms in total. The maximum Gasteiger partial charge on any atom is 0.534 e. The van der Waals surface area contributed by atoms with Crippen LogP contribution in [0.15, 0.2) is 12.3 Å². The van der Waals surface area contributed by atoms with E-state index in [-0.39, 0.29) is 16.7 Å². The van der Waals surface area contributed by atoms with Crippen LogP contribution in [0.1, 0.15) is 26.5 Å². The second-order valence-electron chi connectivity index (χ2n) is 6.00. The summed E-state index contributed by atoms with van der Waals surface area (Å²) in [4.78, 5) is 15.9. The van der Waals surface area contributed by atoms with E-state index >= 15 is 0 Å². The summed E-state index contributed by atoms with van der Waals surface area (Å²) in [6.07, 6.45) is -0.0946. The molecule has 0 aliphatic carbocycles. The van der Waals surface area contributed by atoms with Gasteiger partial charge in [0.05, 0.1) is 11.9 Å². The van der Waals surface area contributed by atoms with Gasteiger partial charge >= 0.3 is 21.7 Å². The molecule has 0 atom stereocenters. The Balaban J connectivity index is 2.43. The van der Waals surface area contributed by atoms with Gasteiger partial charge in [-0.3, -0.25) is 0 Å².